The number of H-pyrrole nitrogens is 1. The molecule has 0 fully saturated rings. The van der Waals surface area contributed by atoms with E-state index in [1.807, 2.05) is 42.5 Å². The van der Waals surface area contributed by atoms with Gasteiger partial charge in [0.1, 0.15) is 17.3 Å². The van der Waals surface area contributed by atoms with E-state index in [9.17, 15) is 4.79 Å². The number of benzene rings is 2. The number of ether oxygens (including phenoxy) is 1. The van der Waals surface area contributed by atoms with E-state index in [0.29, 0.717) is 17.8 Å². The first-order chi connectivity index (χ1) is 11.8. The molecule has 2 aromatic heterocycles. The number of imidazole rings is 1. The van der Waals surface area contributed by atoms with Gasteiger partial charge in [-0.3, -0.25) is 4.79 Å². The molecule has 0 spiro atoms. The Kier molecular flexibility index (Phi) is 3.39. The minimum Gasteiger partial charge on any atom is -0.497 e. The van der Waals surface area contributed by atoms with E-state index in [4.69, 9.17) is 9.15 Å². The average Bonchev–Trinajstić information content (AvgIpc) is 3.27. The maximum atomic E-state index is 10.8. The fourth-order valence-corrected chi connectivity index (χ4v) is 2.64. The smallest absolute Gasteiger partial charge is 0.185 e. The number of hydrogen-bond donors (Lipinski definition) is 1. The van der Waals surface area contributed by atoms with Gasteiger partial charge in [-0.2, -0.15) is 0 Å². The van der Waals surface area contributed by atoms with Crippen molar-refractivity contribution in [2.24, 2.45) is 0 Å². The normalized spacial score (nSPS) is 10.9. The molecule has 0 saturated heterocycles. The Labute approximate surface area is 137 Å². The molecule has 0 aliphatic carbocycles. The molecule has 4 rings (SSSR count). The Morgan fingerprint density at radius 1 is 1.08 bits per heavy atom. The van der Waals surface area contributed by atoms with Crippen molar-refractivity contribution in [3.63, 3.8) is 0 Å². The average molecular weight is 318 g/mol. The molecule has 0 bridgehead atoms. The summed E-state index contributed by atoms with van der Waals surface area (Å²) in [5.74, 6) is 2.52. The van der Waals surface area contributed by atoms with E-state index in [0.717, 1.165) is 33.7 Å². The van der Waals surface area contributed by atoms with Crippen LogP contribution in [0.4, 0.5) is 0 Å². The van der Waals surface area contributed by atoms with Crippen LogP contribution in [0.1, 0.15) is 10.6 Å². The largest absolute Gasteiger partial charge is 0.497 e. The number of rotatable bonds is 4. The van der Waals surface area contributed by atoms with Gasteiger partial charge >= 0.3 is 0 Å². The van der Waals surface area contributed by atoms with Gasteiger partial charge in [-0.15, -0.1) is 0 Å². The molecule has 0 atom stereocenters. The van der Waals surface area contributed by atoms with Crippen molar-refractivity contribution in [3.05, 3.63) is 60.4 Å². The molecular formula is C19H14N2O3. The second-order valence-corrected chi connectivity index (χ2v) is 5.37. The van der Waals surface area contributed by atoms with Gasteiger partial charge in [0.05, 0.1) is 18.1 Å². The van der Waals surface area contributed by atoms with Crippen molar-refractivity contribution in [2.45, 2.75) is 0 Å². The lowest BCUT2D eigenvalue weighted by Crippen LogP contribution is -1.84. The van der Waals surface area contributed by atoms with E-state index in [2.05, 4.69) is 9.97 Å². The summed E-state index contributed by atoms with van der Waals surface area (Å²) in [5, 5.41) is 0. The first-order valence-electron chi connectivity index (χ1n) is 7.46. The Bertz CT molecular complexity index is 1030. The van der Waals surface area contributed by atoms with Gasteiger partial charge in [0.15, 0.2) is 12.0 Å². The van der Waals surface area contributed by atoms with Gasteiger partial charge in [0, 0.05) is 11.1 Å². The molecule has 0 radical (unpaired) electrons. The number of hydrogen-bond acceptors (Lipinski definition) is 4. The van der Waals surface area contributed by atoms with Crippen LogP contribution >= 0.6 is 0 Å². The van der Waals surface area contributed by atoms with E-state index < -0.39 is 0 Å². The Morgan fingerprint density at radius 2 is 2.00 bits per heavy atom. The summed E-state index contributed by atoms with van der Waals surface area (Å²) >= 11 is 0. The number of aldehydes is 1. The van der Waals surface area contributed by atoms with Crippen molar-refractivity contribution >= 4 is 17.3 Å². The number of nitrogens with zero attached hydrogens (tertiary/aromatic N) is 1. The van der Waals surface area contributed by atoms with Crippen LogP contribution in [0, 0.1) is 0 Å². The molecule has 0 unspecified atom stereocenters. The van der Waals surface area contributed by atoms with Crippen molar-refractivity contribution < 1.29 is 13.9 Å². The first kappa shape index (κ1) is 14.3. The number of aromatic nitrogens is 2. The van der Waals surface area contributed by atoms with Gasteiger partial charge < -0.3 is 14.1 Å². The van der Waals surface area contributed by atoms with Crippen LogP contribution in [0.2, 0.25) is 0 Å². The van der Waals surface area contributed by atoms with Gasteiger partial charge in [-0.1, -0.05) is 12.1 Å². The molecule has 1 N–H and O–H groups in total. The van der Waals surface area contributed by atoms with Gasteiger partial charge in [0.2, 0.25) is 0 Å². The lowest BCUT2D eigenvalue weighted by atomic mass is 10.1. The van der Waals surface area contributed by atoms with Crippen LogP contribution in [-0.4, -0.2) is 23.4 Å². The second kappa shape index (κ2) is 5.70. The van der Waals surface area contributed by atoms with Gasteiger partial charge in [-0.25, -0.2) is 4.98 Å². The molecule has 5 heteroatoms. The minimum atomic E-state index is 0.312. The Morgan fingerprint density at radius 3 is 2.79 bits per heavy atom. The van der Waals surface area contributed by atoms with Crippen LogP contribution < -0.4 is 4.74 Å². The topological polar surface area (TPSA) is 68.1 Å². The maximum Gasteiger partial charge on any atom is 0.185 e. The van der Waals surface area contributed by atoms with Crippen LogP contribution in [0.3, 0.4) is 0 Å². The number of methoxy groups -OCH3 is 1. The summed E-state index contributed by atoms with van der Waals surface area (Å²) in [6.07, 6.45) is 0.694. The van der Waals surface area contributed by atoms with Crippen molar-refractivity contribution in [2.75, 3.05) is 7.11 Å². The second-order valence-electron chi connectivity index (χ2n) is 5.37. The summed E-state index contributed by atoms with van der Waals surface area (Å²) in [6, 6.07) is 17.0. The van der Waals surface area contributed by atoms with Crippen LogP contribution in [0.15, 0.2) is 59.0 Å². The molecule has 24 heavy (non-hydrogen) atoms. The summed E-state index contributed by atoms with van der Waals surface area (Å²) in [7, 11) is 1.64. The van der Waals surface area contributed by atoms with Gasteiger partial charge in [-0.05, 0) is 42.5 Å². The van der Waals surface area contributed by atoms with E-state index >= 15 is 0 Å². The summed E-state index contributed by atoms with van der Waals surface area (Å²) in [5.41, 5.74) is 3.60. The third kappa shape index (κ3) is 2.46. The third-order valence-corrected chi connectivity index (χ3v) is 3.85. The fourth-order valence-electron chi connectivity index (χ4n) is 2.64. The van der Waals surface area contributed by atoms with Gasteiger partial charge in [0.25, 0.3) is 0 Å². The third-order valence-electron chi connectivity index (χ3n) is 3.85. The van der Waals surface area contributed by atoms with E-state index in [-0.39, 0.29) is 0 Å². The fraction of sp³-hybridized carbons (Fsp3) is 0.0526. The highest BCUT2D eigenvalue weighted by Crippen LogP contribution is 2.28. The quantitative estimate of drug-likeness (QED) is 0.569. The SMILES string of the molecule is COc1cccc(-c2nc3ccc(-c4ccc(C=O)o4)cc3[nH]2)c1. The molecule has 0 aliphatic rings. The Balaban J connectivity index is 1.76. The van der Waals surface area contributed by atoms with Crippen LogP contribution in [0.25, 0.3) is 33.7 Å². The first-order valence-corrected chi connectivity index (χ1v) is 7.46. The van der Waals surface area contributed by atoms with Crippen molar-refractivity contribution in [3.8, 4) is 28.5 Å². The number of furan rings is 1. The molecule has 0 aliphatic heterocycles. The molecule has 5 nitrogen and oxygen atoms in total. The van der Waals surface area contributed by atoms with E-state index in [1.54, 1.807) is 19.2 Å². The number of aromatic amines is 1. The van der Waals surface area contributed by atoms with Crippen molar-refractivity contribution in [1.82, 2.24) is 9.97 Å². The number of carbonyl (C=O) groups excluding carboxylic acids is 1. The molecule has 118 valence electrons. The van der Waals surface area contributed by atoms with Crippen LogP contribution in [-0.2, 0) is 0 Å². The van der Waals surface area contributed by atoms with Crippen LogP contribution in [0.5, 0.6) is 5.75 Å². The zero-order chi connectivity index (χ0) is 16.5. The molecule has 4 aromatic rings. The zero-order valence-electron chi connectivity index (χ0n) is 12.9. The summed E-state index contributed by atoms with van der Waals surface area (Å²) in [6.45, 7) is 0. The highest BCUT2D eigenvalue weighted by molar-refractivity contribution is 5.84. The summed E-state index contributed by atoms with van der Waals surface area (Å²) < 4.78 is 10.7. The number of fused-ring (bicyclic) bond motifs is 1. The lowest BCUT2D eigenvalue weighted by Gasteiger charge is -2.01. The lowest BCUT2D eigenvalue weighted by molar-refractivity contribution is 0.110. The molecule has 0 amide bonds. The van der Waals surface area contributed by atoms with E-state index in [1.165, 1.54) is 0 Å². The van der Waals surface area contributed by atoms with Crippen molar-refractivity contribution in [1.29, 1.82) is 0 Å². The molecular weight excluding hydrogens is 304 g/mol. The highest BCUT2D eigenvalue weighted by Gasteiger charge is 2.09. The standard InChI is InChI=1S/C19H14N2O3/c1-23-14-4-2-3-13(9-14)19-20-16-7-5-12(10-17(16)21-19)18-8-6-15(11-22)24-18/h2-11H,1H3,(H,20,21). The monoisotopic (exact) mass is 318 g/mol. The zero-order valence-corrected chi connectivity index (χ0v) is 12.9. The minimum absolute atomic E-state index is 0.312. The maximum absolute atomic E-state index is 10.8. The molecule has 2 aromatic carbocycles. The molecule has 2 heterocycles. The number of carbonyl (C=O) groups is 1. The molecule has 0 saturated carbocycles. The summed E-state index contributed by atoms with van der Waals surface area (Å²) in [4.78, 5) is 18.7. The Hall–Kier alpha value is -3.34. The number of nitrogens with one attached hydrogen (secondary N) is 1. The predicted molar refractivity (Wildman–Crippen MR) is 91.2 cm³/mol. The predicted octanol–water partition coefficient (Wildman–Crippen LogP) is 4.31. The highest BCUT2D eigenvalue weighted by atomic mass is 16.5.